The predicted molar refractivity (Wildman–Crippen MR) is 80.9 cm³/mol. The van der Waals surface area contributed by atoms with Crippen LogP contribution in [0.1, 0.15) is 25.8 Å². The van der Waals surface area contributed by atoms with Gasteiger partial charge in [0.05, 0.1) is 13.2 Å². The van der Waals surface area contributed by atoms with Crippen molar-refractivity contribution in [2.45, 2.75) is 31.9 Å². The molecule has 1 saturated heterocycles. The van der Waals surface area contributed by atoms with Gasteiger partial charge >= 0.3 is 6.03 Å². The summed E-state index contributed by atoms with van der Waals surface area (Å²) in [6.07, 6.45) is 0.939. The Bertz CT molecular complexity index is 499. The molecule has 1 fully saturated rings. The molecule has 3 N–H and O–H groups in total. The number of halogens is 1. The van der Waals surface area contributed by atoms with Crippen molar-refractivity contribution in [1.29, 1.82) is 0 Å². The summed E-state index contributed by atoms with van der Waals surface area (Å²) >= 11 is 0. The van der Waals surface area contributed by atoms with Crippen LogP contribution in [0.25, 0.3) is 0 Å². The van der Waals surface area contributed by atoms with Crippen LogP contribution in [0, 0.1) is 11.7 Å². The van der Waals surface area contributed by atoms with Crippen LogP contribution in [-0.4, -0.2) is 36.9 Å². The number of amides is 2. The summed E-state index contributed by atoms with van der Waals surface area (Å²) in [7, 11) is 0. The molecule has 0 radical (unpaired) electrons. The van der Waals surface area contributed by atoms with Crippen LogP contribution in [-0.2, 0) is 10.3 Å². The van der Waals surface area contributed by atoms with E-state index in [1.54, 1.807) is 6.92 Å². The van der Waals surface area contributed by atoms with Crippen LogP contribution in [0.4, 0.5) is 9.18 Å². The summed E-state index contributed by atoms with van der Waals surface area (Å²) in [4.78, 5) is 11.9. The van der Waals surface area contributed by atoms with Crippen LogP contribution < -0.4 is 10.6 Å². The van der Waals surface area contributed by atoms with Crippen LogP contribution in [0.2, 0.25) is 0 Å². The molecule has 1 aromatic carbocycles. The van der Waals surface area contributed by atoms with E-state index in [9.17, 15) is 14.3 Å². The van der Waals surface area contributed by atoms with E-state index in [0.29, 0.717) is 18.1 Å². The highest BCUT2D eigenvalue weighted by Crippen LogP contribution is 2.20. The van der Waals surface area contributed by atoms with E-state index in [0.717, 1.165) is 13.0 Å². The highest BCUT2D eigenvalue weighted by molar-refractivity contribution is 5.74. The summed E-state index contributed by atoms with van der Waals surface area (Å²) < 4.78 is 18.2. The van der Waals surface area contributed by atoms with Crippen molar-refractivity contribution in [2.24, 2.45) is 5.92 Å². The number of rotatable bonds is 5. The summed E-state index contributed by atoms with van der Waals surface area (Å²) in [5, 5.41) is 15.9. The fraction of sp³-hybridized carbons (Fsp3) is 0.562. The van der Waals surface area contributed by atoms with E-state index in [2.05, 4.69) is 10.6 Å². The average Bonchev–Trinajstić information content (AvgIpc) is 3.00. The smallest absolute Gasteiger partial charge is 0.315 e. The van der Waals surface area contributed by atoms with Crippen LogP contribution in [0.15, 0.2) is 24.3 Å². The molecule has 2 amide bonds. The van der Waals surface area contributed by atoms with Gasteiger partial charge < -0.3 is 20.5 Å². The Morgan fingerprint density at radius 2 is 2.18 bits per heavy atom. The van der Waals surface area contributed by atoms with Crippen molar-refractivity contribution in [3.05, 3.63) is 35.6 Å². The predicted octanol–water partition coefficient (Wildman–Crippen LogP) is 1.76. The molecule has 0 aromatic heterocycles. The molecular weight excluding hydrogens is 287 g/mol. The molecule has 6 heteroatoms. The van der Waals surface area contributed by atoms with Crippen molar-refractivity contribution < 1.29 is 19.0 Å². The van der Waals surface area contributed by atoms with Gasteiger partial charge in [0.25, 0.3) is 0 Å². The molecule has 0 bridgehead atoms. The van der Waals surface area contributed by atoms with Gasteiger partial charge in [0.15, 0.2) is 0 Å². The van der Waals surface area contributed by atoms with E-state index < -0.39 is 5.60 Å². The Hall–Kier alpha value is -1.66. The second kappa shape index (κ2) is 7.07. The third kappa shape index (κ3) is 4.42. The normalized spacial score (nSPS) is 21.9. The molecule has 2 rings (SSSR count). The Morgan fingerprint density at radius 1 is 1.50 bits per heavy atom. The maximum Gasteiger partial charge on any atom is 0.315 e. The van der Waals surface area contributed by atoms with E-state index in [1.807, 2.05) is 6.92 Å². The van der Waals surface area contributed by atoms with Gasteiger partial charge in [-0.25, -0.2) is 9.18 Å². The van der Waals surface area contributed by atoms with Gasteiger partial charge in [-0.1, -0.05) is 12.1 Å². The minimum absolute atomic E-state index is 0.0123. The molecule has 122 valence electrons. The number of benzene rings is 1. The van der Waals surface area contributed by atoms with Gasteiger partial charge in [-0.05, 0) is 38.0 Å². The van der Waals surface area contributed by atoms with Crippen molar-refractivity contribution in [3.8, 4) is 0 Å². The first-order valence-electron chi connectivity index (χ1n) is 7.49. The lowest BCUT2D eigenvalue weighted by Crippen LogP contribution is -2.48. The topological polar surface area (TPSA) is 70.6 Å². The molecule has 3 atom stereocenters. The number of urea groups is 1. The maximum absolute atomic E-state index is 12.9. The van der Waals surface area contributed by atoms with Crippen molar-refractivity contribution in [3.63, 3.8) is 0 Å². The fourth-order valence-electron chi connectivity index (χ4n) is 2.49. The van der Waals surface area contributed by atoms with Gasteiger partial charge in [0.2, 0.25) is 0 Å². The largest absolute Gasteiger partial charge is 0.384 e. The number of hydrogen-bond acceptors (Lipinski definition) is 3. The lowest BCUT2D eigenvalue weighted by Gasteiger charge is -2.25. The first-order valence-corrected chi connectivity index (χ1v) is 7.49. The third-order valence-corrected chi connectivity index (χ3v) is 4.09. The number of nitrogens with one attached hydrogen (secondary N) is 2. The lowest BCUT2D eigenvalue weighted by atomic mass is 9.96. The zero-order valence-corrected chi connectivity index (χ0v) is 12.9. The molecule has 1 aromatic rings. The van der Waals surface area contributed by atoms with E-state index in [4.69, 9.17) is 4.74 Å². The van der Waals surface area contributed by atoms with Crippen LogP contribution in [0.3, 0.4) is 0 Å². The van der Waals surface area contributed by atoms with Crippen molar-refractivity contribution in [2.75, 3.05) is 19.8 Å². The monoisotopic (exact) mass is 310 g/mol. The molecule has 0 spiro atoms. The molecule has 0 aliphatic carbocycles. The molecule has 1 aliphatic rings. The number of ether oxygens (including phenoxy) is 1. The maximum atomic E-state index is 12.9. The summed E-state index contributed by atoms with van der Waals surface area (Å²) in [5.74, 6) is -0.0405. The lowest BCUT2D eigenvalue weighted by molar-refractivity contribution is 0.0591. The summed E-state index contributed by atoms with van der Waals surface area (Å²) in [6, 6.07) is 5.26. The molecule has 22 heavy (non-hydrogen) atoms. The molecule has 5 nitrogen and oxygen atoms in total. The van der Waals surface area contributed by atoms with Crippen LogP contribution >= 0.6 is 0 Å². The van der Waals surface area contributed by atoms with E-state index in [-0.39, 0.29) is 24.4 Å². The third-order valence-electron chi connectivity index (χ3n) is 4.09. The second-order valence-corrected chi connectivity index (χ2v) is 6.02. The molecule has 1 heterocycles. The zero-order chi connectivity index (χ0) is 16.2. The average molecular weight is 310 g/mol. The molecule has 1 aliphatic heterocycles. The summed E-state index contributed by atoms with van der Waals surface area (Å²) in [6.45, 7) is 4.95. The highest BCUT2D eigenvalue weighted by Gasteiger charge is 2.26. The number of aliphatic hydroxyl groups is 1. The van der Waals surface area contributed by atoms with Crippen molar-refractivity contribution in [1.82, 2.24) is 10.6 Å². The fourth-order valence-corrected chi connectivity index (χ4v) is 2.49. The van der Waals surface area contributed by atoms with Gasteiger partial charge in [-0.15, -0.1) is 0 Å². The molecule has 0 saturated carbocycles. The molecule has 0 unspecified atom stereocenters. The standard InChI is InChI=1S/C16H23FN2O3/c1-11(12-7-8-22-9-12)19-15(20)18-10-16(2,21)13-3-5-14(17)6-4-13/h3-6,11-12,21H,7-10H2,1-2H3,(H2,18,19,20)/t11-,12+,16-/m0/s1. The first-order chi connectivity index (χ1) is 10.4. The number of carbonyl (C=O) groups excluding carboxylic acids is 1. The Labute approximate surface area is 129 Å². The zero-order valence-electron chi connectivity index (χ0n) is 12.9. The molecular formula is C16H23FN2O3. The van der Waals surface area contributed by atoms with Crippen molar-refractivity contribution >= 4 is 6.03 Å². The van der Waals surface area contributed by atoms with Gasteiger partial charge in [0.1, 0.15) is 11.4 Å². The minimum Gasteiger partial charge on any atom is -0.384 e. The SMILES string of the molecule is C[C@H](NC(=O)NC[C@](C)(O)c1ccc(F)cc1)[C@@H]1CCOC1. The number of carbonyl (C=O) groups is 1. The Morgan fingerprint density at radius 3 is 2.77 bits per heavy atom. The quantitative estimate of drug-likeness (QED) is 0.776. The first kappa shape index (κ1) is 16.7. The number of hydrogen-bond donors (Lipinski definition) is 3. The van der Waals surface area contributed by atoms with E-state index >= 15 is 0 Å². The minimum atomic E-state index is -1.26. The van der Waals surface area contributed by atoms with Gasteiger partial charge in [-0.2, -0.15) is 0 Å². The second-order valence-electron chi connectivity index (χ2n) is 6.02. The Balaban J connectivity index is 1.82. The van der Waals surface area contributed by atoms with Crippen LogP contribution in [0.5, 0.6) is 0 Å². The summed E-state index contributed by atoms with van der Waals surface area (Å²) in [5.41, 5.74) is -0.712. The van der Waals surface area contributed by atoms with Gasteiger partial charge in [0, 0.05) is 18.6 Å². The van der Waals surface area contributed by atoms with Gasteiger partial charge in [-0.3, -0.25) is 0 Å². The Kier molecular flexibility index (Phi) is 5.37. The van der Waals surface area contributed by atoms with E-state index in [1.165, 1.54) is 24.3 Å². The highest BCUT2D eigenvalue weighted by atomic mass is 19.1.